The highest BCUT2D eigenvalue weighted by Gasteiger charge is 1.91. The van der Waals surface area contributed by atoms with E-state index in [1.54, 1.807) is 0 Å². The maximum atomic E-state index is 3.84. The number of rotatable bonds is 2. The van der Waals surface area contributed by atoms with Crippen molar-refractivity contribution in [3.63, 3.8) is 0 Å². The molecule has 6 N–H and O–H groups in total. The highest BCUT2D eigenvalue weighted by atomic mass is 14.5. The largest absolute Gasteiger partial charge is 0.354 e. The average Bonchev–Trinajstić information content (AvgIpc) is 2.53. The number of quaternary nitrogens is 2. The maximum Gasteiger partial charge on any atom is 0.0997 e. The Bertz CT molecular complexity index is 611. The van der Waals surface area contributed by atoms with Crippen LogP contribution in [0.15, 0.2) is 48.5 Å². The predicted molar refractivity (Wildman–Crippen MR) is 79.8 cm³/mol. The molecule has 0 amide bonds. The van der Waals surface area contributed by atoms with Gasteiger partial charge < -0.3 is 11.5 Å². The standard InChI is InChI=1S/C18H16N2/c19-13-17-9-5-15(6-10-17)3-1-2-4-16-7-11-18(14-20)12-8-16/h5-12H,13-14,19-20H2/p+2. The highest BCUT2D eigenvalue weighted by molar-refractivity contribution is 5.45. The van der Waals surface area contributed by atoms with Crippen molar-refractivity contribution >= 4 is 0 Å². The van der Waals surface area contributed by atoms with Gasteiger partial charge in [0.15, 0.2) is 0 Å². The summed E-state index contributed by atoms with van der Waals surface area (Å²) in [6, 6.07) is 16.2. The van der Waals surface area contributed by atoms with Gasteiger partial charge >= 0.3 is 0 Å². The minimum Gasteiger partial charge on any atom is -0.354 e. The molecule has 0 bridgehead atoms. The first-order valence-corrected chi connectivity index (χ1v) is 6.60. The molecule has 0 aliphatic heterocycles. The quantitative estimate of drug-likeness (QED) is 0.744. The molecular formula is C18H18N2+2. The molecule has 0 fully saturated rings. The van der Waals surface area contributed by atoms with Crippen molar-refractivity contribution in [1.82, 2.24) is 0 Å². The van der Waals surface area contributed by atoms with Crippen LogP contribution >= 0.6 is 0 Å². The van der Waals surface area contributed by atoms with E-state index in [-0.39, 0.29) is 0 Å². The Kier molecular flexibility index (Phi) is 4.98. The summed E-state index contributed by atoms with van der Waals surface area (Å²) in [5.74, 6) is 11.8. The molecule has 2 nitrogen and oxygen atoms in total. The fourth-order valence-electron chi connectivity index (χ4n) is 1.72. The molecule has 2 rings (SSSR count). The Morgan fingerprint density at radius 2 is 0.950 bits per heavy atom. The van der Waals surface area contributed by atoms with Crippen LogP contribution in [-0.2, 0) is 13.1 Å². The van der Waals surface area contributed by atoms with Crippen molar-refractivity contribution in [3.8, 4) is 23.7 Å². The Morgan fingerprint density at radius 1 is 0.600 bits per heavy atom. The van der Waals surface area contributed by atoms with Crippen LogP contribution in [0.3, 0.4) is 0 Å². The second-order valence-electron chi connectivity index (χ2n) is 4.39. The van der Waals surface area contributed by atoms with Gasteiger partial charge in [-0.1, -0.05) is 36.1 Å². The van der Waals surface area contributed by atoms with E-state index in [1.807, 2.05) is 48.5 Å². The second kappa shape index (κ2) is 7.16. The van der Waals surface area contributed by atoms with E-state index >= 15 is 0 Å². The second-order valence-corrected chi connectivity index (χ2v) is 4.39. The van der Waals surface area contributed by atoms with Crippen LogP contribution < -0.4 is 11.5 Å². The molecule has 2 aromatic rings. The third-order valence-electron chi connectivity index (χ3n) is 2.96. The summed E-state index contributed by atoms with van der Waals surface area (Å²) in [4.78, 5) is 0. The summed E-state index contributed by atoms with van der Waals surface area (Å²) in [6.45, 7) is 1.60. The zero-order chi connectivity index (χ0) is 14.2. The lowest BCUT2D eigenvalue weighted by atomic mass is 10.1. The van der Waals surface area contributed by atoms with Crippen LogP contribution in [-0.4, -0.2) is 0 Å². The zero-order valence-corrected chi connectivity index (χ0v) is 11.4. The summed E-state index contributed by atoms with van der Waals surface area (Å²) in [5, 5.41) is 0. The van der Waals surface area contributed by atoms with Gasteiger partial charge in [-0.05, 0) is 36.1 Å². The molecule has 2 heteroatoms. The molecule has 20 heavy (non-hydrogen) atoms. The smallest absolute Gasteiger partial charge is 0.0997 e. The monoisotopic (exact) mass is 262 g/mol. The van der Waals surface area contributed by atoms with Crippen molar-refractivity contribution in [1.29, 1.82) is 0 Å². The minimum absolute atomic E-state index is 0.802. The molecular weight excluding hydrogens is 244 g/mol. The molecule has 0 radical (unpaired) electrons. The molecule has 0 aromatic heterocycles. The van der Waals surface area contributed by atoms with Gasteiger partial charge in [-0.3, -0.25) is 0 Å². The molecule has 0 atom stereocenters. The molecule has 0 unspecified atom stereocenters. The first-order chi connectivity index (χ1) is 9.81. The van der Waals surface area contributed by atoms with Crippen molar-refractivity contribution < 1.29 is 11.5 Å². The Morgan fingerprint density at radius 3 is 1.25 bits per heavy atom. The van der Waals surface area contributed by atoms with Crippen molar-refractivity contribution in [2.24, 2.45) is 0 Å². The van der Waals surface area contributed by atoms with E-state index in [0.717, 1.165) is 24.2 Å². The van der Waals surface area contributed by atoms with Gasteiger partial charge in [-0.15, -0.1) is 0 Å². The third-order valence-corrected chi connectivity index (χ3v) is 2.96. The Hall–Kier alpha value is -2.52. The summed E-state index contributed by atoms with van der Waals surface area (Å²) < 4.78 is 0. The lowest BCUT2D eigenvalue weighted by molar-refractivity contribution is -0.386. The van der Waals surface area contributed by atoms with E-state index < -0.39 is 0 Å². The van der Waals surface area contributed by atoms with Crippen LogP contribution in [0, 0.1) is 23.7 Å². The lowest BCUT2D eigenvalue weighted by Crippen LogP contribution is -2.47. The van der Waals surface area contributed by atoms with E-state index in [0.29, 0.717) is 0 Å². The van der Waals surface area contributed by atoms with Gasteiger partial charge in [-0.25, -0.2) is 0 Å². The Balaban J connectivity index is 2.04. The fraction of sp³-hybridized carbons (Fsp3) is 0.111. The third kappa shape index (κ3) is 4.00. The Labute approximate surface area is 119 Å². The van der Waals surface area contributed by atoms with E-state index in [2.05, 4.69) is 35.1 Å². The first-order valence-electron chi connectivity index (χ1n) is 6.60. The van der Waals surface area contributed by atoms with Crippen LogP contribution in [0.25, 0.3) is 0 Å². The van der Waals surface area contributed by atoms with E-state index in [9.17, 15) is 0 Å². The molecule has 0 saturated heterocycles. The van der Waals surface area contributed by atoms with Gasteiger partial charge in [-0.2, -0.15) is 0 Å². The van der Waals surface area contributed by atoms with Gasteiger partial charge in [0.2, 0.25) is 0 Å². The van der Waals surface area contributed by atoms with Gasteiger partial charge in [0, 0.05) is 22.3 Å². The lowest BCUT2D eigenvalue weighted by Gasteiger charge is -1.93. The van der Waals surface area contributed by atoms with Crippen LogP contribution in [0.4, 0.5) is 0 Å². The summed E-state index contributed by atoms with van der Waals surface area (Å²) in [5.41, 5.74) is 12.1. The van der Waals surface area contributed by atoms with Crippen molar-refractivity contribution in [2.45, 2.75) is 13.1 Å². The summed E-state index contributed by atoms with van der Waals surface area (Å²) >= 11 is 0. The molecule has 2 aromatic carbocycles. The van der Waals surface area contributed by atoms with Crippen molar-refractivity contribution in [3.05, 3.63) is 70.8 Å². The molecule has 0 aliphatic rings. The fourth-order valence-corrected chi connectivity index (χ4v) is 1.72. The van der Waals surface area contributed by atoms with Gasteiger partial charge in [0.1, 0.15) is 0 Å². The van der Waals surface area contributed by atoms with Crippen LogP contribution in [0.5, 0.6) is 0 Å². The van der Waals surface area contributed by atoms with Gasteiger partial charge in [0.05, 0.1) is 13.1 Å². The molecule has 0 heterocycles. The van der Waals surface area contributed by atoms with E-state index in [4.69, 9.17) is 0 Å². The molecule has 0 aliphatic carbocycles. The summed E-state index contributed by atoms with van der Waals surface area (Å²) in [7, 11) is 0. The first kappa shape index (κ1) is 13.9. The molecule has 0 saturated carbocycles. The minimum atomic E-state index is 0.802. The maximum absolute atomic E-state index is 3.84. The SMILES string of the molecule is [NH3+]Cc1ccc(C#CC#Cc2ccc(C[NH3+])cc2)cc1. The topological polar surface area (TPSA) is 55.3 Å². The van der Waals surface area contributed by atoms with Crippen LogP contribution in [0.1, 0.15) is 22.3 Å². The normalized spacial score (nSPS) is 9.10. The predicted octanol–water partition coefficient (Wildman–Crippen LogP) is 0.574. The van der Waals surface area contributed by atoms with Crippen molar-refractivity contribution in [2.75, 3.05) is 0 Å². The molecule has 0 spiro atoms. The highest BCUT2D eigenvalue weighted by Crippen LogP contribution is 2.02. The number of benzene rings is 2. The average molecular weight is 262 g/mol. The summed E-state index contributed by atoms with van der Waals surface area (Å²) in [6.07, 6.45) is 0. The number of hydrogen-bond acceptors (Lipinski definition) is 0. The van der Waals surface area contributed by atoms with E-state index in [1.165, 1.54) is 11.1 Å². The molecule has 98 valence electrons. The number of hydrogen-bond donors (Lipinski definition) is 2. The zero-order valence-electron chi connectivity index (χ0n) is 11.4. The van der Waals surface area contributed by atoms with Gasteiger partial charge in [0.25, 0.3) is 0 Å². The van der Waals surface area contributed by atoms with Crippen LogP contribution in [0.2, 0.25) is 0 Å².